The number of hydrogen-bond donors (Lipinski definition) is 1. The maximum Gasteiger partial charge on any atom is 0.0492 e. The Morgan fingerprint density at radius 1 is 1.71 bits per heavy atom. The smallest absolute Gasteiger partial charge is 0.0492 e. The van der Waals surface area contributed by atoms with E-state index >= 15 is 0 Å². The van der Waals surface area contributed by atoms with Gasteiger partial charge < -0.3 is 5.32 Å². The van der Waals surface area contributed by atoms with Gasteiger partial charge in [-0.2, -0.15) is 5.10 Å². The summed E-state index contributed by atoms with van der Waals surface area (Å²) in [5.74, 6) is 0.611. The molecule has 0 aromatic carbocycles. The average molecular weight is 193 g/mol. The van der Waals surface area contributed by atoms with E-state index in [1.165, 1.54) is 12.1 Å². The van der Waals surface area contributed by atoms with Crippen molar-refractivity contribution in [3.8, 4) is 0 Å². The molecule has 2 rings (SSSR count). The normalized spacial score (nSPS) is 32.4. The molecule has 1 aromatic rings. The minimum absolute atomic E-state index is 0.397. The maximum atomic E-state index is 4.25. The second kappa shape index (κ2) is 3.39. The van der Waals surface area contributed by atoms with Gasteiger partial charge in [-0.05, 0) is 17.9 Å². The number of hydrogen-bond acceptors (Lipinski definition) is 2. The molecule has 2 atom stereocenters. The molecule has 3 nitrogen and oxygen atoms in total. The Morgan fingerprint density at radius 2 is 2.50 bits per heavy atom. The lowest BCUT2D eigenvalue weighted by molar-refractivity contribution is 0.299. The van der Waals surface area contributed by atoms with Gasteiger partial charge in [0.15, 0.2) is 0 Å². The molecule has 1 aromatic heterocycles. The number of nitrogens with one attached hydrogen (secondary N) is 1. The van der Waals surface area contributed by atoms with Crippen molar-refractivity contribution < 1.29 is 0 Å². The van der Waals surface area contributed by atoms with Crippen molar-refractivity contribution in [1.82, 2.24) is 15.1 Å². The van der Waals surface area contributed by atoms with Crippen LogP contribution in [0.4, 0.5) is 0 Å². The Bertz CT molecular complexity index is 318. The molecule has 3 heteroatoms. The first-order chi connectivity index (χ1) is 6.67. The number of nitrogens with zero attached hydrogens (tertiary/aromatic N) is 2. The quantitative estimate of drug-likeness (QED) is 0.772. The first kappa shape index (κ1) is 9.71. The van der Waals surface area contributed by atoms with Crippen LogP contribution in [0.15, 0.2) is 12.3 Å². The maximum absolute atomic E-state index is 4.25. The van der Waals surface area contributed by atoms with Gasteiger partial charge in [-0.15, -0.1) is 0 Å². The van der Waals surface area contributed by atoms with Gasteiger partial charge >= 0.3 is 0 Å². The number of aryl methyl sites for hydroxylation is 1. The number of rotatable bonds is 2. The average Bonchev–Trinajstić information content (AvgIpc) is 2.73. The summed E-state index contributed by atoms with van der Waals surface area (Å²) in [5, 5.41) is 7.74. The molecule has 0 radical (unpaired) electrons. The Kier molecular flexibility index (Phi) is 2.35. The van der Waals surface area contributed by atoms with Crippen LogP contribution in [0.25, 0.3) is 0 Å². The fraction of sp³-hybridized carbons (Fsp3) is 0.727. The van der Waals surface area contributed by atoms with E-state index in [0.717, 1.165) is 13.1 Å². The summed E-state index contributed by atoms with van der Waals surface area (Å²) in [4.78, 5) is 0. The fourth-order valence-corrected chi connectivity index (χ4v) is 2.43. The van der Waals surface area contributed by atoms with E-state index in [2.05, 4.69) is 30.3 Å². The molecule has 2 heterocycles. The van der Waals surface area contributed by atoms with E-state index in [4.69, 9.17) is 0 Å². The molecule has 1 aliphatic rings. The van der Waals surface area contributed by atoms with Crippen molar-refractivity contribution in [2.45, 2.75) is 26.2 Å². The molecule has 1 fully saturated rings. The van der Waals surface area contributed by atoms with Crippen molar-refractivity contribution in [3.63, 3.8) is 0 Å². The second-order valence-electron chi connectivity index (χ2n) is 4.57. The largest absolute Gasteiger partial charge is 0.315 e. The number of aromatic nitrogens is 2. The standard InChI is InChI=1S/C11H19N3/c1-4-11(2)8-12-7-9(11)10-5-6-13-14(10)3/h5-6,9,12H,4,7-8H2,1-3H3/t9-,11+/m1/s1. The molecule has 0 aliphatic carbocycles. The van der Waals surface area contributed by atoms with Crippen LogP contribution in [0.1, 0.15) is 31.9 Å². The molecular formula is C11H19N3. The minimum atomic E-state index is 0.397. The third-order valence-corrected chi connectivity index (χ3v) is 3.74. The summed E-state index contributed by atoms with van der Waals surface area (Å²) in [6.07, 6.45) is 3.11. The van der Waals surface area contributed by atoms with Crippen LogP contribution in [0.2, 0.25) is 0 Å². The first-order valence-electron chi connectivity index (χ1n) is 5.36. The third kappa shape index (κ3) is 1.36. The van der Waals surface area contributed by atoms with Crippen molar-refractivity contribution >= 4 is 0 Å². The predicted molar refractivity (Wildman–Crippen MR) is 57.2 cm³/mol. The zero-order valence-electron chi connectivity index (χ0n) is 9.25. The Labute approximate surface area is 85.5 Å². The van der Waals surface area contributed by atoms with Gasteiger partial charge in [0.05, 0.1) is 0 Å². The van der Waals surface area contributed by atoms with Crippen LogP contribution in [0, 0.1) is 5.41 Å². The summed E-state index contributed by atoms with van der Waals surface area (Å²) in [6.45, 7) is 6.85. The highest BCUT2D eigenvalue weighted by Crippen LogP contribution is 2.40. The first-order valence-corrected chi connectivity index (χ1v) is 5.36. The molecule has 78 valence electrons. The minimum Gasteiger partial charge on any atom is -0.315 e. The van der Waals surface area contributed by atoms with Crippen molar-refractivity contribution in [2.24, 2.45) is 12.5 Å². The molecule has 1 N–H and O–H groups in total. The summed E-state index contributed by atoms with van der Waals surface area (Å²) in [6, 6.07) is 2.14. The zero-order chi connectivity index (χ0) is 10.2. The Hall–Kier alpha value is -0.830. The lowest BCUT2D eigenvalue weighted by atomic mass is 9.76. The van der Waals surface area contributed by atoms with E-state index in [-0.39, 0.29) is 0 Å². The van der Waals surface area contributed by atoms with Crippen LogP contribution in [-0.2, 0) is 7.05 Å². The van der Waals surface area contributed by atoms with Crippen LogP contribution in [0.5, 0.6) is 0 Å². The molecule has 1 saturated heterocycles. The summed E-state index contributed by atoms with van der Waals surface area (Å²) < 4.78 is 2.01. The van der Waals surface area contributed by atoms with E-state index in [0.29, 0.717) is 11.3 Å². The Morgan fingerprint density at radius 3 is 3.07 bits per heavy atom. The van der Waals surface area contributed by atoms with Crippen molar-refractivity contribution in [1.29, 1.82) is 0 Å². The topological polar surface area (TPSA) is 29.9 Å². The Balaban J connectivity index is 2.31. The van der Waals surface area contributed by atoms with Gasteiger partial charge in [0.1, 0.15) is 0 Å². The van der Waals surface area contributed by atoms with Crippen molar-refractivity contribution in [3.05, 3.63) is 18.0 Å². The summed E-state index contributed by atoms with van der Waals surface area (Å²) >= 11 is 0. The van der Waals surface area contributed by atoms with Crippen LogP contribution < -0.4 is 5.32 Å². The fourth-order valence-electron chi connectivity index (χ4n) is 2.43. The van der Waals surface area contributed by atoms with Crippen LogP contribution in [-0.4, -0.2) is 22.9 Å². The van der Waals surface area contributed by atoms with Crippen LogP contribution in [0.3, 0.4) is 0 Å². The SMILES string of the molecule is CC[C@@]1(C)CNC[C@@H]1c1ccnn1C. The van der Waals surface area contributed by atoms with E-state index in [9.17, 15) is 0 Å². The van der Waals surface area contributed by atoms with Crippen molar-refractivity contribution in [2.75, 3.05) is 13.1 Å². The monoisotopic (exact) mass is 193 g/mol. The van der Waals surface area contributed by atoms with Gasteiger partial charge in [-0.3, -0.25) is 4.68 Å². The van der Waals surface area contributed by atoms with Gasteiger partial charge in [-0.1, -0.05) is 13.8 Å². The van der Waals surface area contributed by atoms with E-state index < -0.39 is 0 Å². The highest BCUT2D eigenvalue weighted by molar-refractivity contribution is 5.15. The summed E-state index contributed by atoms with van der Waals surface area (Å²) in [5.41, 5.74) is 1.76. The molecular weight excluding hydrogens is 174 g/mol. The lowest BCUT2D eigenvalue weighted by Gasteiger charge is -2.29. The van der Waals surface area contributed by atoms with Gasteiger partial charge in [0, 0.05) is 37.9 Å². The zero-order valence-corrected chi connectivity index (χ0v) is 9.25. The molecule has 1 aliphatic heterocycles. The molecule has 0 spiro atoms. The highest BCUT2D eigenvalue weighted by atomic mass is 15.3. The highest BCUT2D eigenvalue weighted by Gasteiger charge is 2.39. The predicted octanol–water partition coefficient (Wildman–Crippen LogP) is 1.52. The van der Waals surface area contributed by atoms with Gasteiger partial charge in [0.2, 0.25) is 0 Å². The second-order valence-corrected chi connectivity index (χ2v) is 4.57. The summed E-state index contributed by atoms with van der Waals surface area (Å²) in [7, 11) is 2.03. The van der Waals surface area contributed by atoms with E-state index in [1.807, 2.05) is 17.9 Å². The molecule has 0 bridgehead atoms. The molecule has 0 unspecified atom stereocenters. The molecule has 0 saturated carbocycles. The van der Waals surface area contributed by atoms with E-state index in [1.54, 1.807) is 0 Å². The van der Waals surface area contributed by atoms with Gasteiger partial charge in [-0.25, -0.2) is 0 Å². The third-order valence-electron chi connectivity index (χ3n) is 3.74. The lowest BCUT2D eigenvalue weighted by Crippen LogP contribution is -2.25. The molecule has 14 heavy (non-hydrogen) atoms. The van der Waals surface area contributed by atoms with Crippen LogP contribution >= 0.6 is 0 Å². The molecule has 0 amide bonds. The van der Waals surface area contributed by atoms with Gasteiger partial charge in [0.25, 0.3) is 0 Å².